The minimum absolute atomic E-state index is 0.131. The number of rotatable bonds is 4. The smallest absolute Gasteiger partial charge is 0.243 e. The van der Waals surface area contributed by atoms with Crippen molar-refractivity contribution in [3.05, 3.63) is 59.6 Å². The maximum atomic E-state index is 12.7. The average molecular weight is 352 g/mol. The number of para-hydroxylation sites is 1. The number of hydrogen-bond donors (Lipinski definition) is 0. The van der Waals surface area contributed by atoms with Crippen LogP contribution in [0.1, 0.15) is 12.8 Å². The van der Waals surface area contributed by atoms with Gasteiger partial charge in [0, 0.05) is 11.6 Å². The molecule has 0 spiro atoms. The van der Waals surface area contributed by atoms with Crippen molar-refractivity contribution in [2.45, 2.75) is 23.8 Å². The zero-order valence-electron chi connectivity index (χ0n) is 12.6. The van der Waals surface area contributed by atoms with Crippen molar-refractivity contribution < 1.29 is 13.2 Å². The molecule has 23 heavy (non-hydrogen) atoms. The molecule has 1 atom stereocenters. The van der Waals surface area contributed by atoms with Gasteiger partial charge in [0.25, 0.3) is 0 Å². The molecule has 4 nitrogen and oxygen atoms in total. The number of hydrogen-bond acceptors (Lipinski definition) is 3. The fraction of sp³-hybridized carbons (Fsp3) is 0.294. The van der Waals surface area contributed by atoms with E-state index in [1.165, 1.54) is 4.31 Å². The minimum Gasteiger partial charge on any atom is -0.489 e. The average Bonchev–Trinajstić information content (AvgIpc) is 2.56. The summed E-state index contributed by atoms with van der Waals surface area (Å²) < 4.78 is 32.8. The van der Waals surface area contributed by atoms with E-state index in [4.69, 9.17) is 16.3 Å². The Morgan fingerprint density at radius 2 is 1.74 bits per heavy atom. The molecule has 1 unspecified atom stereocenters. The van der Waals surface area contributed by atoms with E-state index >= 15 is 0 Å². The molecule has 0 aliphatic carbocycles. The highest BCUT2D eigenvalue weighted by Crippen LogP contribution is 2.24. The zero-order valence-corrected chi connectivity index (χ0v) is 14.1. The molecule has 2 aromatic carbocycles. The third-order valence-electron chi connectivity index (χ3n) is 3.84. The maximum Gasteiger partial charge on any atom is 0.243 e. The molecule has 0 amide bonds. The van der Waals surface area contributed by atoms with Crippen LogP contribution >= 0.6 is 11.6 Å². The van der Waals surface area contributed by atoms with Crippen LogP contribution in [0.5, 0.6) is 5.75 Å². The van der Waals surface area contributed by atoms with Crippen LogP contribution < -0.4 is 4.74 Å². The second kappa shape index (κ2) is 6.91. The summed E-state index contributed by atoms with van der Waals surface area (Å²) >= 11 is 5.83. The van der Waals surface area contributed by atoms with Crippen LogP contribution in [0, 0.1) is 0 Å². The third-order valence-corrected chi connectivity index (χ3v) is 5.97. The molecule has 1 aliphatic rings. The number of halogens is 1. The van der Waals surface area contributed by atoms with Gasteiger partial charge in [-0.1, -0.05) is 29.8 Å². The predicted octanol–water partition coefficient (Wildman–Crippen LogP) is 3.57. The maximum absolute atomic E-state index is 12.7. The third kappa shape index (κ3) is 3.86. The van der Waals surface area contributed by atoms with Crippen molar-refractivity contribution in [1.82, 2.24) is 4.31 Å². The standard InChI is InChI=1S/C17H18ClNO3S/c18-14-8-10-17(11-9-14)23(20,21)19-12-4-7-16(13-19)22-15-5-2-1-3-6-15/h1-3,5-6,8-11,16H,4,7,12-13H2. The van der Waals surface area contributed by atoms with Gasteiger partial charge in [0.15, 0.2) is 0 Å². The Morgan fingerprint density at radius 3 is 2.43 bits per heavy atom. The Hall–Kier alpha value is -1.56. The van der Waals surface area contributed by atoms with E-state index in [-0.39, 0.29) is 11.0 Å². The fourth-order valence-corrected chi connectivity index (χ4v) is 4.30. The molecule has 0 saturated carbocycles. The number of benzene rings is 2. The van der Waals surface area contributed by atoms with E-state index in [0.717, 1.165) is 18.6 Å². The van der Waals surface area contributed by atoms with Gasteiger partial charge >= 0.3 is 0 Å². The van der Waals surface area contributed by atoms with Crippen LogP contribution in [0.3, 0.4) is 0 Å². The van der Waals surface area contributed by atoms with Crippen LogP contribution in [-0.4, -0.2) is 31.9 Å². The minimum atomic E-state index is -3.51. The number of piperidine rings is 1. The molecule has 0 radical (unpaired) electrons. The summed E-state index contributed by atoms with van der Waals surface area (Å²) in [6, 6.07) is 15.8. The Balaban J connectivity index is 1.74. The molecule has 122 valence electrons. The Kier molecular flexibility index (Phi) is 4.90. The van der Waals surface area contributed by atoms with Gasteiger partial charge in [-0.2, -0.15) is 4.31 Å². The van der Waals surface area contributed by atoms with Crippen molar-refractivity contribution in [2.75, 3.05) is 13.1 Å². The van der Waals surface area contributed by atoms with E-state index in [9.17, 15) is 8.42 Å². The summed E-state index contributed by atoms with van der Waals surface area (Å²) in [6.07, 6.45) is 1.50. The second-order valence-corrected chi connectivity index (χ2v) is 7.89. The van der Waals surface area contributed by atoms with Crippen molar-refractivity contribution >= 4 is 21.6 Å². The molecule has 1 fully saturated rings. The summed E-state index contributed by atoms with van der Waals surface area (Å²) in [5, 5.41) is 0.521. The Labute approximate surface area is 141 Å². The molecular formula is C17H18ClNO3S. The first-order valence-electron chi connectivity index (χ1n) is 7.53. The molecule has 0 aromatic heterocycles. The molecule has 1 aliphatic heterocycles. The molecule has 0 N–H and O–H groups in total. The zero-order chi connectivity index (χ0) is 16.3. The molecule has 3 rings (SSSR count). The first-order chi connectivity index (χ1) is 11.1. The predicted molar refractivity (Wildman–Crippen MR) is 90.3 cm³/mol. The van der Waals surface area contributed by atoms with Crippen LogP contribution in [0.2, 0.25) is 5.02 Å². The van der Waals surface area contributed by atoms with Crippen LogP contribution in [0.25, 0.3) is 0 Å². The first kappa shape index (κ1) is 16.3. The van der Waals surface area contributed by atoms with Crippen molar-refractivity contribution in [3.63, 3.8) is 0 Å². The largest absolute Gasteiger partial charge is 0.489 e. The van der Waals surface area contributed by atoms with Gasteiger partial charge in [-0.25, -0.2) is 8.42 Å². The summed E-state index contributed by atoms with van der Waals surface area (Å²) in [5.41, 5.74) is 0. The lowest BCUT2D eigenvalue weighted by molar-refractivity contribution is 0.130. The normalized spacial score (nSPS) is 19.4. The van der Waals surface area contributed by atoms with Gasteiger partial charge in [-0.3, -0.25) is 0 Å². The lowest BCUT2D eigenvalue weighted by Gasteiger charge is -2.32. The van der Waals surface area contributed by atoms with E-state index in [2.05, 4.69) is 0 Å². The topological polar surface area (TPSA) is 46.6 Å². The Morgan fingerprint density at radius 1 is 1.04 bits per heavy atom. The van der Waals surface area contributed by atoms with Gasteiger partial charge in [0.05, 0.1) is 11.4 Å². The second-order valence-electron chi connectivity index (χ2n) is 5.51. The van der Waals surface area contributed by atoms with Gasteiger partial charge in [-0.05, 0) is 49.2 Å². The first-order valence-corrected chi connectivity index (χ1v) is 9.35. The monoisotopic (exact) mass is 351 g/mol. The SMILES string of the molecule is O=S(=O)(c1ccc(Cl)cc1)N1CCCC(Oc2ccccc2)C1. The van der Waals surface area contributed by atoms with Crippen molar-refractivity contribution in [1.29, 1.82) is 0 Å². The number of nitrogens with zero attached hydrogens (tertiary/aromatic N) is 1. The van der Waals surface area contributed by atoms with Gasteiger partial charge < -0.3 is 4.74 Å². The van der Waals surface area contributed by atoms with E-state index in [0.29, 0.717) is 18.1 Å². The number of sulfonamides is 1. The lowest BCUT2D eigenvalue weighted by atomic mass is 10.1. The fourth-order valence-electron chi connectivity index (χ4n) is 2.67. The Bertz CT molecular complexity index is 747. The molecular weight excluding hydrogens is 334 g/mol. The highest BCUT2D eigenvalue weighted by atomic mass is 35.5. The molecule has 1 heterocycles. The van der Waals surface area contributed by atoms with Crippen LogP contribution in [-0.2, 0) is 10.0 Å². The summed E-state index contributed by atoms with van der Waals surface area (Å²) in [7, 11) is -3.51. The summed E-state index contributed by atoms with van der Waals surface area (Å²) in [6.45, 7) is 0.874. The van der Waals surface area contributed by atoms with Crippen molar-refractivity contribution in [2.24, 2.45) is 0 Å². The van der Waals surface area contributed by atoms with E-state index in [1.54, 1.807) is 24.3 Å². The van der Waals surface area contributed by atoms with Crippen molar-refractivity contribution in [3.8, 4) is 5.75 Å². The van der Waals surface area contributed by atoms with E-state index in [1.807, 2.05) is 30.3 Å². The summed E-state index contributed by atoms with van der Waals surface area (Å²) in [5.74, 6) is 0.767. The molecule has 1 saturated heterocycles. The van der Waals surface area contributed by atoms with Gasteiger partial charge in [0.1, 0.15) is 11.9 Å². The van der Waals surface area contributed by atoms with E-state index < -0.39 is 10.0 Å². The quantitative estimate of drug-likeness (QED) is 0.846. The highest BCUT2D eigenvalue weighted by molar-refractivity contribution is 7.89. The van der Waals surface area contributed by atoms with Crippen LogP contribution in [0.4, 0.5) is 0 Å². The molecule has 6 heteroatoms. The van der Waals surface area contributed by atoms with Crippen LogP contribution in [0.15, 0.2) is 59.5 Å². The molecule has 0 bridgehead atoms. The number of ether oxygens (including phenoxy) is 1. The highest BCUT2D eigenvalue weighted by Gasteiger charge is 2.31. The van der Waals surface area contributed by atoms with Gasteiger partial charge in [0.2, 0.25) is 10.0 Å². The molecule has 2 aromatic rings. The summed E-state index contributed by atoms with van der Waals surface area (Å²) in [4.78, 5) is 0.266. The van der Waals surface area contributed by atoms with Gasteiger partial charge in [-0.15, -0.1) is 0 Å². The lowest BCUT2D eigenvalue weighted by Crippen LogP contribution is -2.44.